The lowest BCUT2D eigenvalue weighted by Crippen LogP contribution is -2.11. The average molecular weight is 538 g/mol. The molecule has 0 saturated carbocycles. The van der Waals surface area contributed by atoms with Gasteiger partial charge >= 0.3 is 5.69 Å². The molecule has 4 aromatic rings. The number of aryl methyl sites for hydroxylation is 2. The molecule has 3 aromatic carbocycles. The van der Waals surface area contributed by atoms with E-state index in [1.54, 1.807) is 38.1 Å². The molecule has 0 fully saturated rings. The Labute approximate surface area is 220 Å². The van der Waals surface area contributed by atoms with E-state index in [1.165, 1.54) is 42.5 Å². The topological polar surface area (TPSA) is 147 Å². The molecular weight excluding hydrogens is 518 g/mol. The number of amides is 1. The summed E-state index contributed by atoms with van der Waals surface area (Å²) in [5, 5.41) is 25.8. The number of carbonyl (C=O) groups is 1. The van der Waals surface area contributed by atoms with Gasteiger partial charge in [0.15, 0.2) is 11.5 Å². The quantitative estimate of drug-likeness (QED) is 0.177. The van der Waals surface area contributed by atoms with Crippen molar-refractivity contribution in [3.63, 3.8) is 0 Å². The normalized spacial score (nSPS) is 10.6. The highest BCUT2D eigenvalue weighted by molar-refractivity contribution is 6.30. The number of benzene rings is 3. The van der Waals surface area contributed by atoms with Crippen LogP contribution in [0.4, 0.5) is 17.1 Å². The van der Waals surface area contributed by atoms with Crippen LogP contribution in [-0.2, 0) is 6.61 Å². The zero-order valence-electron chi connectivity index (χ0n) is 20.1. The van der Waals surface area contributed by atoms with E-state index in [-0.39, 0.29) is 46.7 Å². The lowest BCUT2D eigenvalue weighted by molar-refractivity contribution is -0.386. The molecule has 1 amide bonds. The van der Waals surface area contributed by atoms with Gasteiger partial charge in [0, 0.05) is 23.2 Å². The van der Waals surface area contributed by atoms with Crippen LogP contribution in [-0.4, -0.2) is 15.8 Å². The Kier molecular flexibility index (Phi) is 7.58. The van der Waals surface area contributed by atoms with Crippen LogP contribution in [0.5, 0.6) is 17.2 Å². The highest BCUT2D eigenvalue weighted by Gasteiger charge is 2.19. The summed E-state index contributed by atoms with van der Waals surface area (Å²) in [6.07, 6.45) is 0. The van der Waals surface area contributed by atoms with Gasteiger partial charge in [-0.2, -0.15) is 0 Å². The fraction of sp³-hybridized carbons (Fsp3) is 0.115. The summed E-state index contributed by atoms with van der Waals surface area (Å²) in [6, 6.07) is 16.2. The first-order chi connectivity index (χ1) is 18.1. The lowest BCUT2D eigenvalue weighted by atomic mass is 10.2. The molecule has 0 radical (unpaired) electrons. The SMILES string of the molecule is Cc1ccc(OCc2ccc(C(=O)Nc3cc(Oc4ccc(Cl)cc4C)cc([N+](=O)[O-])c3)o2)c([N+](=O)[O-])c1. The van der Waals surface area contributed by atoms with E-state index in [1.807, 2.05) is 0 Å². The minimum absolute atomic E-state index is 0.0584. The number of halogens is 1. The molecule has 1 aromatic heterocycles. The maximum Gasteiger partial charge on any atom is 0.311 e. The van der Waals surface area contributed by atoms with E-state index >= 15 is 0 Å². The van der Waals surface area contributed by atoms with Crippen LogP contribution in [0.3, 0.4) is 0 Å². The first kappa shape index (κ1) is 26.2. The van der Waals surface area contributed by atoms with Gasteiger partial charge in [0.1, 0.15) is 23.9 Å². The van der Waals surface area contributed by atoms with Crippen LogP contribution < -0.4 is 14.8 Å². The van der Waals surface area contributed by atoms with Gasteiger partial charge in [-0.1, -0.05) is 17.7 Å². The number of nitro groups is 2. The average Bonchev–Trinajstić information content (AvgIpc) is 3.34. The van der Waals surface area contributed by atoms with Crippen molar-refractivity contribution in [2.45, 2.75) is 20.5 Å². The minimum Gasteiger partial charge on any atom is -0.479 e. The number of carbonyl (C=O) groups excluding carboxylic acids is 1. The number of non-ortho nitro benzene ring substituents is 1. The Morgan fingerprint density at radius 3 is 2.42 bits per heavy atom. The van der Waals surface area contributed by atoms with E-state index in [9.17, 15) is 25.0 Å². The minimum atomic E-state index is -0.674. The van der Waals surface area contributed by atoms with Gasteiger partial charge in [0.25, 0.3) is 11.6 Å². The molecule has 38 heavy (non-hydrogen) atoms. The summed E-state index contributed by atoms with van der Waals surface area (Å²) < 4.78 is 16.8. The van der Waals surface area contributed by atoms with Crippen molar-refractivity contribution >= 4 is 34.6 Å². The summed E-state index contributed by atoms with van der Waals surface area (Å²) >= 11 is 5.97. The summed E-state index contributed by atoms with van der Waals surface area (Å²) in [7, 11) is 0. The fourth-order valence-electron chi connectivity index (χ4n) is 3.49. The molecule has 0 spiro atoms. The predicted octanol–water partition coefficient (Wildman–Crippen LogP) is 6.99. The van der Waals surface area contributed by atoms with Crippen LogP contribution in [0.2, 0.25) is 5.02 Å². The highest BCUT2D eigenvalue weighted by Crippen LogP contribution is 2.33. The van der Waals surface area contributed by atoms with E-state index in [4.69, 9.17) is 25.5 Å². The molecule has 0 atom stereocenters. The lowest BCUT2D eigenvalue weighted by Gasteiger charge is -2.11. The number of anilines is 1. The molecule has 1 heterocycles. The maximum atomic E-state index is 12.8. The van der Waals surface area contributed by atoms with Crippen LogP contribution in [0.25, 0.3) is 0 Å². The molecule has 12 heteroatoms. The third-order valence-corrected chi connectivity index (χ3v) is 5.53. The Morgan fingerprint density at radius 2 is 1.71 bits per heavy atom. The van der Waals surface area contributed by atoms with Crippen LogP contribution in [0.15, 0.2) is 71.1 Å². The molecule has 0 bridgehead atoms. The molecule has 4 rings (SSSR count). The Balaban J connectivity index is 1.48. The van der Waals surface area contributed by atoms with Crippen LogP contribution in [0.1, 0.15) is 27.4 Å². The van der Waals surface area contributed by atoms with E-state index < -0.39 is 15.8 Å². The molecule has 0 saturated heterocycles. The second kappa shape index (κ2) is 11.0. The van der Waals surface area contributed by atoms with Gasteiger partial charge in [0.2, 0.25) is 0 Å². The van der Waals surface area contributed by atoms with Gasteiger partial charge < -0.3 is 19.2 Å². The number of hydrogen-bond acceptors (Lipinski definition) is 8. The van der Waals surface area contributed by atoms with Crippen molar-refractivity contribution < 1.29 is 28.5 Å². The number of nitrogens with zero attached hydrogens (tertiary/aromatic N) is 2. The third kappa shape index (κ3) is 6.26. The second-order valence-electron chi connectivity index (χ2n) is 8.22. The summed E-state index contributed by atoms with van der Waals surface area (Å²) in [5.41, 5.74) is 1.05. The van der Waals surface area contributed by atoms with Crippen molar-refractivity contribution in [1.29, 1.82) is 0 Å². The second-order valence-corrected chi connectivity index (χ2v) is 8.66. The van der Waals surface area contributed by atoms with Gasteiger partial charge in [0.05, 0.1) is 21.6 Å². The van der Waals surface area contributed by atoms with Crippen molar-refractivity contribution in [3.05, 3.63) is 115 Å². The molecule has 0 aliphatic carbocycles. The smallest absolute Gasteiger partial charge is 0.311 e. The molecule has 11 nitrogen and oxygen atoms in total. The number of ether oxygens (including phenoxy) is 2. The monoisotopic (exact) mass is 537 g/mol. The summed E-state index contributed by atoms with van der Waals surface area (Å²) in [6.45, 7) is 3.34. The van der Waals surface area contributed by atoms with E-state index in [0.29, 0.717) is 16.3 Å². The zero-order chi connectivity index (χ0) is 27.4. The largest absolute Gasteiger partial charge is 0.479 e. The Hall–Kier alpha value is -4.90. The van der Waals surface area contributed by atoms with E-state index in [0.717, 1.165) is 5.56 Å². The van der Waals surface area contributed by atoms with Crippen LogP contribution >= 0.6 is 11.6 Å². The molecule has 0 aliphatic rings. The van der Waals surface area contributed by atoms with Crippen LogP contribution in [0, 0.1) is 34.1 Å². The zero-order valence-corrected chi connectivity index (χ0v) is 20.9. The molecule has 0 aliphatic heterocycles. The fourth-order valence-corrected chi connectivity index (χ4v) is 3.71. The number of furan rings is 1. The standard InChI is InChI=1S/C26H20ClN3O8/c1-15-3-6-24(22(9-15)30(34)35)36-14-20-5-8-25(37-20)26(31)28-18-11-19(29(32)33)13-21(12-18)38-23-7-4-17(27)10-16(23)2/h3-13H,14H2,1-2H3,(H,28,31). The first-order valence-electron chi connectivity index (χ1n) is 11.1. The highest BCUT2D eigenvalue weighted by atomic mass is 35.5. The van der Waals surface area contributed by atoms with Gasteiger partial charge in [-0.3, -0.25) is 25.0 Å². The summed E-state index contributed by atoms with van der Waals surface area (Å²) in [4.78, 5) is 34.3. The van der Waals surface area contributed by atoms with Crippen molar-refractivity contribution in [2.24, 2.45) is 0 Å². The summed E-state index contributed by atoms with van der Waals surface area (Å²) in [5.74, 6) is 0.107. The van der Waals surface area contributed by atoms with Gasteiger partial charge in [-0.05, 0) is 61.4 Å². The van der Waals surface area contributed by atoms with E-state index in [2.05, 4.69) is 5.32 Å². The number of hydrogen-bond donors (Lipinski definition) is 1. The Morgan fingerprint density at radius 1 is 0.947 bits per heavy atom. The van der Waals surface area contributed by atoms with Crippen molar-refractivity contribution in [1.82, 2.24) is 0 Å². The number of nitrogens with one attached hydrogen (secondary N) is 1. The van der Waals surface area contributed by atoms with Crippen molar-refractivity contribution in [2.75, 3.05) is 5.32 Å². The Bertz CT molecular complexity index is 1550. The number of nitro benzene ring substituents is 2. The first-order valence-corrected chi connectivity index (χ1v) is 11.5. The van der Waals surface area contributed by atoms with Crippen molar-refractivity contribution in [3.8, 4) is 17.2 Å². The maximum absolute atomic E-state index is 12.8. The van der Waals surface area contributed by atoms with Gasteiger partial charge in [-0.25, -0.2) is 0 Å². The van der Waals surface area contributed by atoms with Gasteiger partial charge in [-0.15, -0.1) is 0 Å². The third-order valence-electron chi connectivity index (χ3n) is 5.29. The number of rotatable bonds is 9. The molecule has 0 unspecified atom stereocenters. The molecule has 194 valence electrons. The molecule has 1 N–H and O–H groups in total. The predicted molar refractivity (Wildman–Crippen MR) is 138 cm³/mol. The molecular formula is C26H20ClN3O8.